The molecule has 0 N–H and O–H groups in total. The van der Waals surface area contributed by atoms with E-state index in [0.29, 0.717) is 5.56 Å². The maximum absolute atomic E-state index is 12.1. The van der Waals surface area contributed by atoms with Crippen LogP contribution in [0.4, 0.5) is 8.78 Å². The third kappa shape index (κ3) is 3.81. The molecule has 17 heavy (non-hydrogen) atoms. The van der Waals surface area contributed by atoms with Gasteiger partial charge >= 0.3 is 12.6 Å². The Labute approximate surface area is 110 Å². The molecule has 0 aliphatic carbocycles. The van der Waals surface area contributed by atoms with Crippen molar-refractivity contribution in [3.63, 3.8) is 0 Å². The summed E-state index contributed by atoms with van der Waals surface area (Å²) in [7, 11) is 1.24. The highest BCUT2D eigenvalue weighted by Crippen LogP contribution is 2.37. The Bertz CT molecular complexity index is 426. The molecule has 0 amide bonds. The number of alkyl halides is 2. The summed E-state index contributed by atoms with van der Waals surface area (Å²) in [5.41, 5.74) is 0.455. The van der Waals surface area contributed by atoms with Crippen LogP contribution in [0, 0.1) is 0 Å². The second kappa shape index (κ2) is 6.16. The highest BCUT2D eigenvalue weighted by Gasteiger charge is 2.17. The third-order valence-electron chi connectivity index (χ3n) is 1.90. The van der Waals surface area contributed by atoms with E-state index < -0.39 is 12.6 Å². The van der Waals surface area contributed by atoms with Crippen LogP contribution >= 0.6 is 27.5 Å². The van der Waals surface area contributed by atoms with Gasteiger partial charge in [-0.3, -0.25) is 4.79 Å². The van der Waals surface area contributed by atoms with Gasteiger partial charge < -0.3 is 9.47 Å². The van der Waals surface area contributed by atoms with Crippen molar-refractivity contribution in [2.75, 3.05) is 7.11 Å². The molecule has 94 valence electrons. The number of hydrogen-bond donors (Lipinski definition) is 0. The van der Waals surface area contributed by atoms with E-state index in [1.165, 1.54) is 19.2 Å². The Balaban J connectivity index is 3.05. The molecule has 3 nitrogen and oxygen atoms in total. The van der Waals surface area contributed by atoms with Crippen LogP contribution in [0.15, 0.2) is 16.6 Å². The first kappa shape index (κ1) is 14.2. The molecule has 0 aliphatic heterocycles. The molecule has 0 saturated heterocycles. The molecular weight excluding hydrogens is 321 g/mol. The summed E-state index contributed by atoms with van der Waals surface area (Å²) in [6.07, 6.45) is -0.0617. The minimum absolute atomic E-state index is 0.0331. The summed E-state index contributed by atoms with van der Waals surface area (Å²) in [6, 6.07) is 2.91. The fourth-order valence-electron chi connectivity index (χ4n) is 1.13. The molecule has 0 fully saturated rings. The molecule has 0 heterocycles. The van der Waals surface area contributed by atoms with Gasteiger partial charge in [0.2, 0.25) is 0 Å². The maximum atomic E-state index is 12.1. The van der Waals surface area contributed by atoms with Crippen LogP contribution in [0.25, 0.3) is 0 Å². The number of methoxy groups -OCH3 is 1. The molecule has 0 radical (unpaired) electrons. The number of benzene rings is 1. The SMILES string of the molecule is COC(=O)Cc1ccc(Cl)c(OC(F)F)c1Br. The Hall–Kier alpha value is -0.880. The summed E-state index contributed by atoms with van der Waals surface area (Å²) in [4.78, 5) is 11.1. The summed E-state index contributed by atoms with van der Waals surface area (Å²) in [5.74, 6) is -0.681. The number of halogens is 4. The normalized spacial score (nSPS) is 10.5. The first-order valence-corrected chi connectivity index (χ1v) is 5.61. The number of ether oxygens (including phenoxy) is 2. The first-order chi connectivity index (χ1) is 7.95. The van der Waals surface area contributed by atoms with Crippen LogP contribution in [-0.4, -0.2) is 19.7 Å². The van der Waals surface area contributed by atoms with E-state index in [0.717, 1.165) is 0 Å². The predicted molar refractivity (Wildman–Crippen MR) is 61.5 cm³/mol. The van der Waals surface area contributed by atoms with E-state index >= 15 is 0 Å². The minimum atomic E-state index is -2.99. The van der Waals surface area contributed by atoms with E-state index in [2.05, 4.69) is 25.4 Å². The van der Waals surface area contributed by atoms with Gasteiger partial charge in [-0.25, -0.2) is 0 Å². The van der Waals surface area contributed by atoms with E-state index in [4.69, 9.17) is 11.6 Å². The van der Waals surface area contributed by atoms with Crippen molar-refractivity contribution >= 4 is 33.5 Å². The lowest BCUT2D eigenvalue weighted by atomic mass is 10.1. The van der Waals surface area contributed by atoms with Crippen LogP contribution in [0.1, 0.15) is 5.56 Å². The zero-order valence-electron chi connectivity index (χ0n) is 8.68. The lowest BCUT2D eigenvalue weighted by Crippen LogP contribution is -2.07. The van der Waals surface area contributed by atoms with Crippen LogP contribution in [0.5, 0.6) is 5.75 Å². The van der Waals surface area contributed by atoms with Gasteiger partial charge in [-0.2, -0.15) is 8.78 Å². The van der Waals surface area contributed by atoms with Crippen molar-refractivity contribution in [1.29, 1.82) is 0 Å². The molecule has 7 heteroatoms. The van der Waals surface area contributed by atoms with E-state index in [1.54, 1.807) is 0 Å². The Morgan fingerprint density at radius 1 is 1.53 bits per heavy atom. The van der Waals surface area contributed by atoms with E-state index in [1.807, 2.05) is 0 Å². The average Bonchev–Trinajstić information content (AvgIpc) is 2.27. The van der Waals surface area contributed by atoms with Gasteiger partial charge in [0.1, 0.15) is 0 Å². The van der Waals surface area contributed by atoms with Gasteiger partial charge in [0.25, 0.3) is 0 Å². The molecule has 0 atom stereocenters. The molecule has 1 aromatic rings. The van der Waals surface area contributed by atoms with E-state index in [9.17, 15) is 13.6 Å². The maximum Gasteiger partial charge on any atom is 0.387 e. The zero-order valence-corrected chi connectivity index (χ0v) is 11.0. The van der Waals surface area contributed by atoms with Crippen LogP contribution in [-0.2, 0) is 16.0 Å². The average molecular weight is 330 g/mol. The second-order valence-corrected chi connectivity index (χ2v) is 4.18. The number of carbonyl (C=O) groups excluding carboxylic acids is 1. The molecule has 1 rings (SSSR count). The fourth-order valence-corrected chi connectivity index (χ4v) is 2.03. The van der Waals surface area contributed by atoms with Crippen LogP contribution in [0.2, 0.25) is 5.02 Å². The molecule has 0 spiro atoms. The molecule has 1 aromatic carbocycles. The molecule has 0 saturated carbocycles. The van der Waals surface area contributed by atoms with Crippen LogP contribution < -0.4 is 4.74 Å². The number of esters is 1. The highest BCUT2D eigenvalue weighted by atomic mass is 79.9. The summed E-state index contributed by atoms with van der Waals surface area (Å²) in [6.45, 7) is -2.99. The Morgan fingerprint density at radius 3 is 2.71 bits per heavy atom. The third-order valence-corrected chi connectivity index (χ3v) is 3.07. The topological polar surface area (TPSA) is 35.5 Å². The molecular formula is C10H8BrClF2O3. The van der Waals surface area contributed by atoms with Gasteiger partial charge in [0.15, 0.2) is 5.75 Å². The number of hydrogen-bond acceptors (Lipinski definition) is 3. The van der Waals surface area contributed by atoms with Crippen LogP contribution in [0.3, 0.4) is 0 Å². The van der Waals surface area contributed by atoms with Gasteiger partial charge in [-0.05, 0) is 27.6 Å². The van der Waals surface area contributed by atoms with Crippen molar-refractivity contribution in [1.82, 2.24) is 0 Å². The monoisotopic (exact) mass is 328 g/mol. The molecule has 0 aromatic heterocycles. The fraction of sp³-hybridized carbons (Fsp3) is 0.300. The first-order valence-electron chi connectivity index (χ1n) is 4.44. The van der Waals surface area contributed by atoms with Gasteiger partial charge in [0, 0.05) is 0 Å². The van der Waals surface area contributed by atoms with Crippen molar-refractivity contribution in [2.24, 2.45) is 0 Å². The van der Waals surface area contributed by atoms with Crippen molar-refractivity contribution in [3.05, 3.63) is 27.2 Å². The predicted octanol–water partition coefficient (Wildman–Crippen LogP) is 3.42. The smallest absolute Gasteiger partial charge is 0.387 e. The minimum Gasteiger partial charge on any atom is -0.469 e. The molecule has 0 unspecified atom stereocenters. The summed E-state index contributed by atoms with van der Waals surface area (Å²) in [5, 5.41) is 0.0331. The second-order valence-electron chi connectivity index (χ2n) is 2.98. The zero-order chi connectivity index (χ0) is 13.0. The lowest BCUT2D eigenvalue weighted by Gasteiger charge is -2.12. The van der Waals surface area contributed by atoms with Gasteiger partial charge in [0.05, 0.1) is 23.0 Å². The molecule has 0 bridgehead atoms. The number of rotatable bonds is 4. The molecule has 0 aliphatic rings. The van der Waals surface area contributed by atoms with Gasteiger partial charge in [-0.1, -0.05) is 17.7 Å². The van der Waals surface area contributed by atoms with E-state index in [-0.39, 0.29) is 21.7 Å². The summed E-state index contributed by atoms with van der Waals surface area (Å²) < 4.78 is 33.3. The van der Waals surface area contributed by atoms with Crippen molar-refractivity contribution in [3.8, 4) is 5.75 Å². The highest BCUT2D eigenvalue weighted by molar-refractivity contribution is 9.10. The Morgan fingerprint density at radius 2 is 2.18 bits per heavy atom. The van der Waals surface area contributed by atoms with Crippen molar-refractivity contribution in [2.45, 2.75) is 13.0 Å². The van der Waals surface area contributed by atoms with Gasteiger partial charge in [-0.15, -0.1) is 0 Å². The summed E-state index contributed by atoms with van der Waals surface area (Å²) >= 11 is 8.78. The van der Waals surface area contributed by atoms with Crippen molar-refractivity contribution < 1.29 is 23.0 Å². The largest absolute Gasteiger partial charge is 0.469 e. The standard InChI is InChI=1S/C10H8BrClF2O3/c1-16-7(15)4-5-2-3-6(12)9(8(5)11)17-10(13)14/h2-3,10H,4H2,1H3. The lowest BCUT2D eigenvalue weighted by molar-refractivity contribution is -0.139. The quantitative estimate of drug-likeness (QED) is 0.794. The Kier molecular flexibility index (Phi) is 5.14. The number of carbonyl (C=O) groups is 1.